The van der Waals surface area contributed by atoms with Crippen molar-refractivity contribution in [1.29, 1.82) is 0 Å². The summed E-state index contributed by atoms with van der Waals surface area (Å²) in [4.78, 5) is 0.793. The Kier molecular flexibility index (Phi) is 4.60. The van der Waals surface area contributed by atoms with E-state index in [0.717, 1.165) is 10.9 Å². The maximum absolute atomic E-state index is 13.9. The van der Waals surface area contributed by atoms with Gasteiger partial charge in [-0.25, -0.2) is 17.2 Å². The average Bonchev–Trinajstić information content (AvgIpc) is 2.89. The van der Waals surface area contributed by atoms with Crippen molar-refractivity contribution >= 4 is 27.0 Å². The molecule has 114 valence electrons. The Bertz CT molecular complexity index is 758. The number of thiophene rings is 1. The first-order chi connectivity index (χ1) is 9.85. The lowest BCUT2D eigenvalue weighted by molar-refractivity contribution is 0.579. The summed E-state index contributed by atoms with van der Waals surface area (Å²) >= 11 is 1.25. The third-order valence-electron chi connectivity index (χ3n) is 2.81. The molecular formula is C13H14F2N2O2S2. The number of aryl methyl sites for hydroxylation is 1. The summed E-state index contributed by atoms with van der Waals surface area (Å²) in [5, 5.41) is 4.33. The van der Waals surface area contributed by atoms with Gasteiger partial charge in [0.15, 0.2) is 5.82 Å². The second-order valence-corrected chi connectivity index (χ2v) is 7.12. The lowest BCUT2D eigenvalue weighted by atomic mass is 10.2. The summed E-state index contributed by atoms with van der Waals surface area (Å²) in [5.41, 5.74) is -0.494. The molecule has 0 radical (unpaired) electrons. The van der Waals surface area contributed by atoms with Crippen LogP contribution in [0, 0.1) is 18.6 Å². The van der Waals surface area contributed by atoms with Crippen molar-refractivity contribution in [3.63, 3.8) is 0 Å². The summed E-state index contributed by atoms with van der Waals surface area (Å²) in [7, 11) is -2.28. The van der Waals surface area contributed by atoms with Crippen molar-refractivity contribution in [3.8, 4) is 0 Å². The van der Waals surface area contributed by atoms with Crippen molar-refractivity contribution in [3.05, 3.63) is 45.7 Å². The zero-order chi connectivity index (χ0) is 15.6. The SMILES string of the molecule is CNCc1cc(S(=O)(=O)Nc2c(F)ccc(C)c2F)cs1. The quantitative estimate of drug-likeness (QED) is 0.885. The highest BCUT2D eigenvalue weighted by Crippen LogP contribution is 2.26. The Morgan fingerprint density at radius 1 is 1.29 bits per heavy atom. The van der Waals surface area contributed by atoms with Crippen molar-refractivity contribution in [2.45, 2.75) is 18.4 Å². The second-order valence-electron chi connectivity index (χ2n) is 4.44. The molecule has 2 aromatic rings. The van der Waals surface area contributed by atoms with E-state index in [9.17, 15) is 17.2 Å². The Hall–Kier alpha value is -1.51. The molecule has 0 aliphatic carbocycles. The van der Waals surface area contributed by atoms with Gasteiger partial charge in [0.25, 0.3) is 10.0 Å². The van der Waals surface area contributed by atoms with Crippen LogP contribution in [0.5, 0.6) is 0 Å². The number of benzene rings is 1. The topological polar surface area (TPSA) is 58.2 Å². The van der Waals surface area contributed by atoms with Gasteiger partial charge in [0.05, 0.1) is 4.90 Å². The molecule has 0 saturated heterocycles. The molecule has 0 bridgehead atoms. The van der Waals surface area contributed by atoms with Gasteiger partial charge in [-0.3, -0.25) is 4.72 Å². The van der Waals surface area contributed by atoms with Crippen molar-refractivity contribution < 1.29 is 17.2 Å². The van der Waals surface area contributed by atoms with Crippen LogP contribution in [-0.2, 0) is 16.6 Å². The summed E-state index contributed by atoms with van der Waals surface area (Å²) in [6.45, 7) is 1.95. The van der Waals surface area contributed by atoms with Crippen molar-refractivity contribution in [2.75, 3.05) is 11.8 Å². The van der Waals surface area contributed by atoms with Gasteiger partial charge >= 0.3 is 0 Å². The van der Waals surface area contributed by atoms with Crippen LogP contribution in [0.1, 0.15) is 10.4 Å². The van der Waals surface area contributed by atoms with Crippen LogP contribution in [0.4, 0.5) is 14.5 Å². The van der Waals surface area contributed by atoms with E-state index in [1.807, 2.05) is 4.72 Å². The lowest BCUT2D eigenvalue weighted by Crippen LogP contribution is -2.15. The minimum absolute atomic E-state index is 0.0157. The van der Waals surface area contributed by atoms with E-state index >= 15 is 0 Å². The molecule has 0 fully saturated rings. The highest BCUT2D eigenvalue weighted by molar-refractivity contribution is 7.92. The number of anilines is 1. The van der Waals surface area contributed by atoms with E-state index in [1.54, 1.807) is 7.05 Å². The minimum atomic E-state index is -4.02. The summed E-state index contributed by atoms with van der Waals surface area (Å²) < 4.78 is 53.8. The molecule has 21 heavy (non-hydrogen) atoms. The Labute approximate surface area is 125 Å². The molecule has 0 aliphatic rings. The first kappa shape index (κ1) is 15.9. The number of hydrogen-bond acceptors (Lipinski definition) is 4. The largest absolute Gasteiger partial charge is 0.315 e. The molecule has 1 aromatic heterocycles. The van der Waals surface area contributed by atoms with Crippen LogP contribution in [0.15, 0.2) is 28.5 Å². The predicted molar refractivity (Wildman–Crippen MR) is 79.0 cm³/mol. The van der Waals surface area contributed by atoms with Crippen LogP contribution >= 0.6 is 11.3 Å². The Balaban J connectivity index is 2.35. The van der Waals surface area contributed by atoms with E-state index in [2.05, 4.69) is 5.32 Å². The summed E-state index contributed by atoms with van der Waals surface area (Å²) in [6, 6.07) is 3.74. The highest BCUT2D eigenvalue weighted by Gasteiger charge is 2.21. The smallest absolute Gasteiger partial charge is 0.262 e. The molecular weight excluding hydrogens is 318 g/mol. The Morgan fingerprint density at radius 3 is 2.67 bits per heavy atom. The molecule has 2 rings (SSSR count). The molecule has 0 aliphatic heterocycles. The second kappa shape index (κ2) is 6.08. The van der Waals surface area contributed by atoms with E-state index in [4.69, 9.17) is 0 Å². The van der Waals surface area contributed by atoms with Crippen LogP contribution in [0.2, 0.25) is 0 Å². The van der Waals surface area contributed by atoms with Gasteiger partial charge in [-0.05, 0) is 31.7 Å². The third kappa shape index (κ3) is 3.39. The zero-order valence-electron chi connectivity index (χ0n) is 11.4. The molecule has 2 N–H and O–H groups in total. The molecule has 0 saturated carbocycles. The average molecular weight is 332 g/mol. The van der Waals surface area contributed by atoms with Gasteiger partial charge in [0, 0.05) is 16.8 Å². The zero-order valence-corrected chi connectivity index (χ0v) is 13.0. The van der Waals surface area contributed by atoms with Crippen molar-refractivity contribution in [1.82, 2.24) is 5.32 Å². The normalized spacial score (nSPS) is 11.6. The molecule has 0 spiro atoms. The van der Waals surface area contributed by atoms with Gasteiger partial charge in [0.2, 0.25) is 0 Å². The molecule has 8 heteroatoms. The van der Waals surface area contributed by atoms with Gasteiger partial charge in [-0.15, -0.1) is 11.3 Å². The lowest BCUT2D eigenvalue weighted by Gasteiger charge is -2.10. The first-order valence-corrected chi connectivity index (χ1v) is 8.41. The summed E-state index contributed by atoms with van der Waals surface area (Å²) in [6.07, 6.45) is 0. The Morgan fingerprint density at radius 2 is 2.00 bits per heavy atom. The maximum Gasteiger partial charge on any atom is 0.262 e. The summed E-state index contributed by atoms with van der Waals surface area (Å²) in [5.74, 6) is -1.86. The van der Waals surface area contributed by atoms with E-state index in [-0.39, 0.29) is 10.5 Å². The monoisotopic (exact) mass is 332 g/mol. The fourth-order valence-electron chi connectivity index (χ4n) is 1.71. The standard InChI is InChI=1S/C13H14F2N2O2S2/c1-8-3-4-11(14)13(12(8)15)17-21(18,19)10-5-9(6-16-2)20-7-10/h3-5,7,16-17H,6H2,1-2H3. The van der Waals surface area contributed by atoms with Crippen LogP contribution < -0.4 is 10.0 Å². The molecule has 1 heterocycles. The number of halogens is 2. The highest BCUT2D eigenvalue weighted by atomic mass is 32.2. The predicted octanol–water partition coefficient (Wildman–Crippen LogP) is 2.85. The minimum Gasteiger partial charge on any atom is -0.315 e. The molecule has 0 amide bonds. The van der Waals surface area contributed by atoms with Crippen molar-refractivity contribution in [2.24, 2.45) is 0 Å². The van der Waals surface area contributed by atoms with Crippen LogP contribution in [0.25, 0.3) is 0 Å². The van der Waals surface area contributed by atoms with Gasteiger partial charge < -0.3 is 5.32 Å². The number of hydrogen-bond donors (Lipinski definition) is 2. The molecule has 0 unspecified atom stereocenters. The number of rotatable bonds is 5. The molecule has 4 nitrogen and oxygen atoms in total. The van der Waals surface area contributed by atoms with Gasteiger partial charge in [0.1, 0.15) is 11.5 Å². The van der Waals surface area contributed by atoms with E-state index < -0.39 is 27.3 Å². The van der Waals surface area contributed by atoms with E-state index in [0.29, 0.717) is 6.54 Å². The first-order valence-electron chi connectivity index (χ1n) is 6.04. The molecule has 0 atom stereocenters. The third-order valence-corrected chi connectivity index (χ3v) is 5.23. The van der Waals surface area contributed by atoms with Gasteiger partial charge in [-0.2, -0.15) is 0 Å². The van der Waals surface area contributed by atoms with Crippen LogP contribution in [-0.4, -0.2) is 15.5 Å². The number of nitrogens with one attached hydrogen (secondary N) is 2. The maximum atomic E-state index is 13.9. The van der Waals surface area contributed by atoms with Crippen LogP contribution in [0.3, 0.4) is 0 Å². The van der Waals surface area contributed by atoms with Gasteiger partial charge in [-0.1, -0.05) is 6.07 Å². The number of sulfonamides is 1. The van der Waals surface area contributed by atoms with E-state index in [1.165, 1.54) is 35.8 Å². The molecule has 1 aromatic carbocycles. The fraction of sp³-hybridized carbons (Fsp3) is 0.231. The fourth-order valence-corrected chi connectivity index (χ4v) is 4.07.